The van der Waals surface area contributed by atoms with Crippen molar-refractivity contribution in [3.05, 3.63) is 53.2 Å². The lowest BCUT2D eigenvalue weighted by molar-refractivity contribution is -0.122. The Balaban J connectivity index is 1.73. The predicted molar refractivity (Wildman–Crippen MR) is 94.0 cm³/mol. The monoisotopic (exact) mass is 323 g/mol. The molecule has 2 aromatic rings. The Hall–Kier alpha value is -2.69. The van der Waals surface area contributed by atoms with Crippen molar-refractivity contribution in [1.29, 1.82) is 0 Å². The number of aryl methyl sites for hydroxylation is 3. The average molecular weight is 323 g/mol. The van der Waals surface area contributed by atoms with Gasteiger partial charge in [-0.25, -0.2) is 4.98 Å². The summed E-state index contributed by atoms with van der Waals surface area (Å²) in [5.41, 5.74) is 4.08. The van der Waals surface area contributed by atoms with Crippen LogP contribution < -0.4 is 10.2 Å². The summed E-state index contributed by atoms with van der Waals surface area (Å²) >= 11 is 0. The normalized spacial score (nSPS) is 17.2. The number of pyridine rings is 1. The number of aromatic nitrogens is 1. The fraction of sp³-hybridized carbons (Fsp3) is 0.316. The van der Waals surface area contributed by atoms with Crippen LogP contribution in [0.1, 0.15) is 23.1 Å². The molecule has 1 N–H and O–H groups in total. The molecule has 0 saturated carbocycles. The Kier molecular flexibility index (Phi) is 4.34. The number of benzene rings is 1. The molecule has 24 heavy (non-hydrogen) atoms. The van der Waals surface area contributed by atoms with E-state index in [-0.39, 0.29) is 24.2 Å². The van der Waals surface area contributed by atoms with Crippen LogP contribution in [0.15, 0.2) is 36.5 Å². The van der Waals surface area contributed by atoms with Crippen molar-refractivity contribution in [2.45, 2.75) is 27.2 Å². The van der Waals surface area contributed by atoms with Crippen LogP contribution in [0.25, 0.3) is 0 Å². The van der Waals surface area contributed by atoms with Crippen LogP contribution in [0.3, 0.4) is 0 Å². The van der Waals surface area contributed by atoms with Crippen molar-refractivity contribution in [2.75, 3.05) is 16.8 Å². The summed E-state index contributed by atoms with van der Waals surface area (Å²) in [7, 11) is 0. The molecule has 1 atom stereocenters. The zero-order valence-electron chi connectivity index (χ0n) is 14.2. The predicted octanol–water partition coefficient (Wildman–Crippen LogP) is 3.00. The van der Waals surface area contributed by atoms with Crippen LogP contribution in [-0.4, -0.2) is 23.3 Å². The van der Waals surface area contributed by atoms with Gasteiger partial charge in [-0.3, -0.25) is 9.59 Å². The van der Waals surface area contributed by atoms with Gasteiger partial charge < -0.3 is 10.2 Å². The van der Waals surface area contributed by atoms with Gasteiger partial charge in [-0.15, -0.1) is 0 Å². The Morgan fingerprint density at radius 3 is 2.67 bits per heavy atom. The number of hydrogen-bond acceptors (Lipinski definition) is 3. The second-order valence-electron chi connectivity index (χ2n) is 6.33. The van der Waals surface area contributed by atoms with Gasteiger partial charge in [0.2, 0.25) is 11.8 Å². The van der Waals surface area contributed by atoms with Gasteiger partial charge >= 0.3 is 0 Å². The summed E-state index contributed by atoms with van der Waals surface area (Å²) in [6.45, 7) is 6.35. The molecule has 0 aliphatic carbocycles. The number of nitrogens with zero attached hydrogens (tertiary/aromatic N) is 2. The van der Waals surface area contributed by atoms with Crippen molar-refractivity contribution in [2.24, 2.45) is 5.92 Å². The summed E-state index contributed by atoms with van der Waals surface area (Å²) in [6.07, 6.45) is 1.87. The minimum Gasteiger partial charge on any atom is -0.312 e. The molecule has 3 rings (SSSR count). The first-order valence-electron chi connectivity index (χ1n) is 8.06. The molecule has 0 spiro atoms. The highest BCUT2D eigenvalue weighted by molar-refractivity contribution is 6.03. The highest BCUT2D eigenvalue weighted by atomic mass is 16.2. The van der Waals surface area contributed by atoms with E-state index in [4.69, 9.17) is 0 Å². The van der Waals surface area contributed by atoms with Crippen molar-refractivity contribution < 1.29 is 9.59 Å². The first kappa shape index (κ1) is 16.2. The van der Waals surface area contributed by atoms with Gasteiger partial charge in [0, 0.05) is 24.8 Å². The molecule has 0 unspecified atom stereocenters. The zero-order valence-corrected chi connectivity index (χ0v) is 14.2. The van der Waals surface area contributed by atoms with Crippen molar-refractivity contribution in [3.63, 3.8) is 0 Å². The molecule has 0 bridgehead atoms. The highest BCUT2D eigenvalue weighted by Gasteiger charge is 2.35. The van der Waals surface area contributed by atoms with Gasteiger partial charge in [-0.05, 0) is 55.7 Å². The van der Waals surface area contributed by atoms with Crippen LogP contribution in [0, 0.1) is 26.7 Å². The molecule has 2 amide bonds. The fourth-order valence-corrected chi connectivity index (χ4v) is 2.86. The number of carbonyl (C=O) groups excluding carboxylic acids is 2. The maximum atomic E-state index is 12.5. The van der Waals surface area contributed by atoms with E-state index in [1.807, 2.05) is 51.1 Å². The number of carbonyl (C=O) groups is 2. The Morgan fingerprint density at radius 1 is 1.17 bits per heavy atom. The standard InChI is InChI=1S/C19H21N3O2/c1-12-6-7-16(9-14(12)3)22-11-15(10-17(22)23)19(24)21-18-13(2)5-4-8-20-18/h4-9,15H,10-11H2,1-3H3,(H,20,21,24)/t15-/m0/s1. The Bertz CT molecular complexity index is 801. The summed E-state index contributed by atoms with van der Waals surface area (Å²) in [4.78, 5) is 30.7. The molecule has 1 saturated heterocycles. The Labute approximate surface area is 141 Å². The minimum absolute atomic E-state index is 0.0175. The maximum Gasteiger partial charge on any atom is 0.230 e. The number of amides is 2. The molecule has 0 radical (unpaired) electrons. The van der Waals surface area contributed by atoms with Gasteiger partial charge in [0.15, 0.2) is 0 Å². The third-order valence-electron chi connectivity index (χ3n) is 4.55. The number of rotatable bonds is 3. The molecular formula is C19H21N3O2. The minimum atomic E-state index is -0.361. The second kappa shape index (κ2) is 6.43. The summed E-state index contributed by atoms with van der Waals surface area (Å²) in [6, 6.07) is 9.65. The largest absolute Gasteiger partial charge is 0.312 e. The number of hydrogen-bond donors (Lipinski definition) is 1. The molecule has 2 heterocycles. The quantitative estimate of drug-likeness (QED) is 0.944. The summed E-state index contributed by atoms with van der Waals surface area (Å²) in [5.74, 6) is 0.0210. The molecule has 124 valence electrons. The maximum absolute atomic E-state index is 12.5. The third-order valence-corrected chi connectivity index (χ3v) is 4.55. The third kappa shape index (κ3) is 3.15. The van der Waals surface area contributed by atoms with E-state index >= 15 is 0 Å². The Morgan fingerprint density at radius 2 is 1.96 bits per heavy atom. The van der Waals surface area contributed by atoms with Crippen LogP contribution in [0.2, 0.25) is 0 Å². The molecule has 1 aliphatic heterocycles. The van der Waals surface area contributed by atoms with Gasteiger partial charge in [-0.2, -0.15) is 0 Å². The van der Waals surface area contributed by atoms with E-state index in [9.17, 15) is 9.59 Å². The lowest BCUT2D eigenvalue weighted by atomic mass is 10.1. The summed E-state index contributed by atoms with van der Waals surface area (Å²) < 4.78 is 0. The first-order chi connectivity index (χ1) is 11.5. The van der Waals surface area contributed by atoms with Crippen molar-refractivity contribution in [3.8, 4) is 0 Å². The smallest absolute Gasteiger partial charge is 0.230 e. The van der Waals surface area contributed by atoms with E-state index in [0.29, 0.717) is 12.4 Å². The average Bonchev–Trinajstić information content (AvgIpc) is 2.94. The SMILES string of the molecule is Cc1ccc(N2C[C@@H](C(=O)Nc3ncccc3C)CC2=O)cc1C. The summed E-state index contributed by atoms with van der Waals surface area (Å²) in [5, 5.41) is 2.84. The molecular weight excluding hydrogens is 302 g/mol. The topological polar surface area (TPSA) is 62.3 Å². The highest BCUT2D eigenvalue weighted by Crippen LogP contribution is 2.27. The van der Waals surface area contributed by atoms with E-state index in [1.54, 1.807) is 11.1 Å². The van der Waals surface area contributed by atoms with Crippen molar-refractivity contribution >= 4 is 23.3 Å². The van der Waals surface area contributed by atoms with Crippen LogP contribution in [0.5, 0.6) is 0 Å². The van der Waals surface area contributed by atoms with Gasteiger partial charge in [0.1, 0.15) is 5.82 Å². The van der Waals surface area contributed by atoms with E-state index in [2.05, 4.69) is 10.3 Å². The number of nitrogens with one attached hydrogen (secondary N) is 1. The lowest BCUT2D eigenvalue weighted by Gasteiger charge is -2.18. The fourth-order valence-electron chi connectivity index (χ4n) is 2.86. The molecule has 1 aromatic carbocycles. The van der Waals surface area contributed by atoms with Crippen molar-refractivity contribution in [1.82, 2.24) is 4.98 Å². The number of anilines is 2. The molecule has 1 fully saturated rings. The van der Waals surface area contributed by atoms with Crippen LogP contribution >= 0.6 is 0 Å². The lowest BCUT2D eigenvalue weighted by Crippen LogP contribution is -2.28. The van der Waals surface area contributed by atoms with Crippen LogP contribution in [-0.2, 0) is 9.59 Å². The molecule has 5 nitrogen and oxygen atoms in total. The van der Waals surface area contributed by atoms with Gasteiger partial charge in [0.25, 0.3) is 0 Å². The zero-order chi connectivity index (χ0) is 17.3. The van der Waals surface area contributed by atoms with E-state index in [1.165, 1.54) is 5.56 Å². The van der Waals surface area contributed by atoms with Crippen LogP contribution in [0.4, 0.5) is 11.5 Å². The van der Waals surface area contributed by atoms with Gasteiger partial charge in [0.05, 0.1) is 5.92 Å². The first-order valence-corrected chi connectivity index (χ1v) is 8.06. The van der Waals surface area contributed by atoms with Gasteiger partial charge in [-0.1, -0.05) is 12.1 Å². The second-order valence-corrected chi connectivity index (χ2v) is 6.33. The van der Waals surface area contributed by atoms with E-state index < -0.39 is 0 Å². The molecule has 5 heteroatoms. The van der Waals surface area contributed by atoms with E-state index in [0.717, 1.165) is 16.8 Å². The molecule has 1 aliphatic rings. The molecule has 1 aromatic heterocycles.